The Kier molecular flexibility index (Phi) is 6.64. The summed E-state index contributed by atoms with van der Waals surface area (Å²) in [7, 11) is 0. The topological polar surface area (TPSA) is 82.8 Å². The minimum atomic E-state index is -0.810. The molecule has 0 spiro atoms. The fourth-order valence-corrected chi connectivity index (χ4v) is 3.53. The minimum absolute atomic E-state index is 0.151. The highest BCUT2D eigenvalue weighted by molar-refractivity contribution is 5.94. The molecule has 4 rings (SSSR count). The number of benzene rings is 3. The van der Waals surface area contributed by atoms with Crippen LogP contribution >= 0.6 is 0 Å². The standard InChI is InChI=1S/C27H22O6/c1-2-31-25(28)23-16-20-14-15-21(17-24(20)33-27(23)30)32-26(29)22-11-7-6-10-19(22)13-12-18-8-4-3-5-9-18/h3-11,14-17H,2,12-13H2,1H3. The molecule has 6 nitrogen and oxygen atoms in total. The summed E-state index contributed by atoms with van der Waals surface area (Å²) in [4.78, 5) is 37.0. The monoisotopic (exact) mass is 442 g/mol. The lowest BCUT2D eigenvalue weighted by molar-refractivity contribution is 0.0521. The van der Waals surface area contributed by atoms with Crippen molar-refractivity contribution in [2.75, 3.05) is 6.61 Å². The Hall–Kier alpha value is -4.19. The van der Waals surface area contributed by atoms with Gasteiger partial charge in [0.05, 0.1) is 12.2 Å². The Morgan fingerprint density at radius 3 is 2.36 bits per heavy atom. The van der Waals surface area contributed by atoms with Gasteiger partial charge in [0.2, 0.25) is 0 Å². The van der Waals surface area contributed by atoms with Gasteiger partial charge in [-0.15, -0.1) is 0 Å². The molecule has 6 heteroatoms. The van der Waals surface area contributed by atoms with Gasteiger partial charge < -0.3 is 13.9 Å². The fourth-order valence-electron chi connectivity index (χ4n) is 3.53. The molecular weight excluding hydrogens is 420 g/mol. The van der Waals surface area contributed by atoms with Crippen molar-refractivity contribution in [3.05, 3.63) is 112 Å². The maximum absolute atomic E-state index is 12.9. The third kappa shape index (κ3) is 5.18. The molecule has 0 fully saturated rings. The zero-order valence-corrected chi connectivity index (χ0v) is 18.1. The number of hydrogen-bond acceptors (Lipinski definition) is 6. The van der Waals surface area contributed by atoms with Gasteiger partial charge >= 0.3 is 17.6 Å². The average Bonchev–Trinajstić information content (AvgIpc) is 2.83. The number of rotatable bonds is 7. The van der Waals surface area contributed by atoms with E-state index in [2.05, 4.69) is 12.1 Å². The van der Waals surface area contributed by atoms with Crippen molar-refractivity contribution in [3.63, 3.8) is 0 Å². The molecular formula is C27H22O6. The Bertz CT molecular complexity index is 1350. The summed E-state index contributed by atoms with van der Waals surface area (Å²) in [6.07, 6.45) is 1.49. The molecule has 0 aliphatic heterocycles. The molecule has 1 heterocycles. The van der Waals surface area contributed by atoms with E-state index in [4.69, 9.17) is 13.9 Å². The highest BCUT2D eigenvalue weighted by Crippen LogP contribution is 2.23. The normalized spacial score (nSPS) is 10.7. The Balaban J connectivity index is 1.54. The summed E-state index contributed by atoms with van der Waals surface area (Å²) >= 11 is 0. The molecule has 0 aliphatic rings. The van der Waals surface area contributed by atoms with Crippen LogP contribution in [0.5, 0.6) is 5.75 Å². The molecule has 0 N–H and O–H groups in total. The summed E-state index contributed by atoms with van der Waals surface area (Å²) in [6.45, 7) is 1.80. The van der Waals surface area contributed by atoms with Crippen LogP contribution in [0.1, 0.15) is 38.8 Å². The molecule has 0 bridgehead atoms. The molecule has 1 aromatic heterocycles. The second-order valence-electron chi connectivity index (χ2n) is 7.40. The van der Waals surface area contributed by atoms with E-state index < -0.39 is 17.6 Å². The zero-order valence-electron chi connectivity index (χ0n) is 18.1. The fraction of sp³-hybridized carbons (Fsp3) is 0.148. The van der Waals surface area contributed by atoms with Gasteiger partial charge in [0.1, 0.15) is 16.9 Å². The molecule has 0 aliphatic carbocycles. The van der Waals surface area contributed by atoms with Crippen LogP contribution in [0.15, 0.2) is 88.1 Å². The zero-order chi connectivity index (χ0) is 23.2. The van der Waals surface area contributed by atoms with Crippen molar-refractivity contribution in [1.82, 2.24) is 0 Å². The molecule has 0 radical (unpaired) electrons. The molecule has 33 heavy (non-hydrogen) atoms. The van der Waals surface area contributed by atoms with E-state index in [9.17, 15) is 14.4 Å². The summed E-state index contributed by atoms with van der Waals surface area (Å²) in [6, 6.07) is 23.4. The lowest BCUT2D eigenvalue weighted by Crippen LogP contribution is -2.16. The smallest absolute Gasteiger partial charge is 0.351 e. The predicted molar refractivity (Wildman–Crippen MR) is 124 cm³/mol. The van der Waals surface area contributed by atoms with E-state index in [1.54, 1.807) is 31.2 Å². The quantitative estimate of drug-likeness (QED) is 0.228. The molecule has 0 amide bonds. The molecule has 0 unspecified atom stereocenters. The first-order valence-corrected chi connectivity index (χ1v) is 10.6. The largest absolute Gasteiger partial charge is 0.462 e. The molecule has 4 aromatic rings. The first-order chi connectivity index (χ1) is 16.0. The van der Waals surface area contributed by atoms with Crippen molar-refractivity contribution in [3.8, 4) is 5.75 Å². The van der Waals surface area contributed by atoms with Gasteiger partial charge in [-0.05, 0) is 55.2 Å². The number of ether oxygens (including phenoxy) is 2. The van der Waals surface area contributed by atoms with E-state index in [0.717, 1.165) is 12.0 Å². The Labute approximate surface area is 190 Å². The number of fused-ring (bicyclic) bond motifs is 1. The van der Waals surface area contributed by atoms with Crippen LogP contribution in [-0.2, 0) is 17.6 Å². The number of esters is 2. The summed E-state index contributed by atoms with van der Waals surface area (Å²) < 4.78 is 15.7. The van der Waals surface area contributed by atoms with Crippen molar-refractivity contribution in [1.29, 1.82) is 0 Å². The van der Waals surface area contributed by atoms with E-state index in [1.165, 1.54) is 17.7 Å². The van der Waals surface area contributed by atoms with Crippen LogP contribution < -0.4 is 10.4 Å². The molecule has 0 saturated heterocycles. The van der Waals surface area contributed by atoms with E-state index >= 15 is 0 Å². The SMILES string of the molecule is CCOC(=O)c1cc2ccc(OC(=O)c3ccccc3CCc3ccccc3)cc2oc1=O. The van der Waals surface area contributed by atoms with Gasteiger partial charge in [-0.3, -0.25) is 0 Å². The van der Waals surface area contributed by atoms with Crippen molar-refractivity contribution in [2.45, 2.75) is 19.8 Å². The van der Waals surface area contributed by atoms with Crippen LogP contribution in [0.2, 0.25) is 0 Å². The number of hydrogen-bond donors (Lipinski definition) is 0. The summed E-state index contributed by atoms with van der Waals surface area (Å²) in [5.41, 5.74) is 1.77. The lowest BCUT2D eigenvalue weighted by Gasteiger charge is -2.10. The molecule has 0 atom stereocenters. The summed E-state index contributed by atoms with van der Waals surface area (Å²) in [5.74, 6) is -1.00. The van der Waals surface area contributed by atoms with Gasteiger partial charge in [-0.1, -0.05) is 48.5 Å². The predicted octanol–water partition coefficient (Wildman–Crippen LogP) is 4.97. The van der Waals surface area contributed by atoms with Crippen LogP contribution in [-0.4, -0.2) is 18.5 Å². The van der Waals surface area contributed by atoms with Crippen molar-refractivity contribution >= 4 is 22.9 Å². The summed E-state index contributed by atoms with van der Waals surface area (Å²) in [5, 5.41) is 0.515. The second kappa shape index (κ2) is 9.96. The van der Waals surface area contributed by atoms with Gasteiger partial charge in [0.25, 0.3) is 0 Å². The van der Waals surface area contributed by atoms with E-state index in [0.29, 0.717) is 17.4 Å². The van der Waals surface area contributed by atoms with E-state index in [-0.39, 0.29) is 23.5 Å². The first-order valence-electron chi connectivity index (χ1n) is 10.6. The number of aryl methyl sites for hydroxylation is 2. The Morgan fingerprint density at radius 1 is 0.818 bits per heavy atom. The van der Waals surface area contributed by atoms with Crippen LogP contribution in [0.25, 0.3) is 11.0 Å². The lowest BCUT2D eigenvalue weighted by atomic mass is 10.00. The van der Waals surface area contributed by atoms with Crippen molar-refractivity contribution < 1.29 is 23.5 Å². The average molecular weight is 442 g/mol. The molecule has 3 aromatic carbocycles. The molecule has 0 saturated carbocycles. The van der Waals surface area contributed by atoms with Gasteiger partial charge in [-0.2, -0.15) is 0 Å². The third-order valence-corrected chi connectivity index (χ3v) is 5.18. The molecule has 166 valence electrons. The van der Waals surface area contributed by atoms with Gasteiger partial charge in [-0.25, -0.2) is 14.4 Å². The van der Waals surface area contributed by atoms with Gasteiger partial charge in [0, 0.05) is 11.5 Å². The van der Waals surface area contributed by atoms with Gasteiger partial charge in [0.15, 0.2) is 0 Å². The number of carbonyl (C=O) groups is 2. The highest BCUT2D eigenvalue weighted by Gasteiger charge is 2.17. The highest BCUT2D eigenvalue weighted by atomic mass is 16.5. The second-order valence-corrected chi connectivity index (χ2v) is 7.40. The van der Waals surface area contributed by atoms with E-state index in [1.807, 2.05) is 30.3 Å². The van der Waals surface area contributed by atoms with Crippen molar-refractivity contribution in [2.24, 2.45) is 0 Å². The first kappa shape index (κ1) is 22.0. The van der Waals surface area contributed by atoms with Crippen LogP contribution in [0.3, 0.4) is 0 Å². The van der Waals surface area contributed by atoms with Crippen LogP contribution in [0.4, 0.5) is 0 Å². The maximum atomic E-state index is 12.9. The third-order valence-electron chi connectivity index (χ3n) is 5.18. The number of carbonyl (C=O) groups excluding carboxylic acids is 2. The minimum Gasteiger partial charge on any atom is -0.462 e. The maximum Gasteiger partial charge on any atom is 0.351 e. The van der Waals surface area contributed by atoms with Crippen LogP contribution in [0, 0.1) is 0 Å². The Morgan fingerprint density at radius 2 is 1.58 bits per heavy atom.